The maximum Gasteiger partial charge on any atom is 0.124 e. The Bertz CT molecular complexity index is 708. The standard InChI is InChI=1S/C16H15N3O2/c1-21-14-9-7-12(8-10-14)16(20)15-11-17-19(18-15)13-5-3-2-4-6-13/h2-11,16,20H,1H3. The molecule has 0 radical (unpaired) electrons. The van der Waals surface area contributed by atoms with Crippen molar-refractivity contribution >= 4 is 0 Å². The summed E-state index contributed by atoms with van der Waals surface area (Å²) in [6.45, 7) is 0. The molecule has 21 heavy (non-hydrogen) atoms. The van der Waals surface area contributed by atoms with Gasteiger partial charge >= 0.3 is 0 Å². The van der Waals surface area contributed by atoms with Crippen molar-refractivity contribution in [2.45, 2.75) is 6.10 Å². The molecular weight excluding hydrogens is 266 g/mol. The topological polar surface area (TPSA) is 60.2 Å². The van der Waals surface area contributed by atoms with Gasteiger partial charge in [-0.25, -0.2) is 0 Å². The number of hydrogen-bond acceptors (Lipinski definition) is 4. The van der Waals surface area contributed by atoms with Crippen LogP contribution in [0.2, 0.25) is 0 Å². The van der Waals surface area contributed by atoms with Gasteiger partial charge in [-0.2, -0.15) is 15.0 Å². The molecule has 5 nitrogen and oxygen atoms in total. The third-order valence-electron chi connectivity index (χ3n) is 3.21. The van der Waals surface area contributed by atoms with Crippen LogP contribution in [0.4, 0.5) is 0 Å². The number of aliphatic hydroxyl groups is 1. The van der Waals surface area contributed by atoms with E-state index in [1.165, 1.54) is 4.80 Å². The highest BCUT2D eigenvalue weighted by atomic mass is 16.5. The van der Waals surface area contributed by atoms with Gasteiger partial charge in [0.25, 0.3) is 0 Å². The van der Waals surface area contributed by atoms with E-state index >= 15 is 0 Å². The van der Waals surface area contributed by atoms with Crippen molar-refractivity contribution in [2.75, 3.05) is 7.11 Å². The molecule has 0 aliphatic carbocycles. The monoisotopic (exact) mass is 281 g/mol. The molecule has 3 rings (SSSR count). The fraction of sp³-hybridized carbons (Fsp3) is 0.125. The van der Waals surface area contributed by atoms with E-state index < -0.39 is 6.10 Å². The summed E-state index contributed by atoms with van der Waals surface area (Å²) in [5, 5.41) is 18.9. The zero-order chi connectivity index (χ0) is 14.7. The Labute approximate surface area is 122 Å². The van der Waals surface area contributed by atoms with Gasteiger partial charge in [-0.15, -0.1) is 0 Å². The molecule has 0 spiro atoms. The van der Waals surface area contributed by atoms with Gasteiger partial charge in [0.1, 0.15) is 17.5 Å². The Hall–Kier alpha value is -2.66. The summed E-state index contributed by atoms with van der Waals surface area (Å²) in [5.41, 5.74) is 2.10. The first-order valence-corrected chi connectivity index (χ1v) is 6.57. The first-order valence-electron chi connectivity index (χ1n) is 6.57. The lowest BCUT2D eigenvalue weighted by molar-refractivity contribution is 0.214. The fourth-order valence-electron chi connectivity index (χ4n) is 2.04. The first-order chi connectivity index (χ1) is 10.3. The molecule has 5 heteroatoms. The number of hydrogen-bond donors (Lipinski definition) is 1. The van der Waals surface area contributed by atoms with Crippen LogP contribution in [0.1, 0.15) is 17.4 Å². The van der Waals surface area contributed by atoms with E-state index in [1.54, 1.807) is 25.4 Å². The van der Waals surface area contributed by atoms with Gasteiger partial charge in [-0.3, -0.25) is 0 Å². The van der Waals surface area contributed by atoms with Crippen molar-refractivity contribution in [1.29, 1.82) is 0 Å². The molecule has 0 saturated carbocycles. The van der Waals surface area contributed by atoms with Crippen LogP contribution in [0.25, 0.3) is 5.69 Å². The highest BCUT2D eigenvalue weighted by Crippen LogP contribution is 2.22. The second-order valence-electron chi connectivity index (χ2n) is 4.57. The molecule has 2 aromatic carbocycles. The van der Waals surface area contributed by atoms with Crippen LogP contribution in [0, 0.1) is 0 Å². The Morgan fingerprint density at radius 3 is 2.43 bits per heavy atom. The van der Waals surface area contributed by atoms with Crippen LogP contribution in [0.15, 0.2) is 60.8 Å². The van der Waals surface area contributed by atoms with Crippen LogP contribution >= 0.6 is 0 Å². The van der Waals surface area contributed by atoms with Crippen molar-refractivity contribution in [3.05, 3.63) is 72.1 Å². The Morgan fingerprint density at radius 2 is 1.76 bits per heavy atom. The van der Waals surface area contributed by atoms with E-state index in [2.05, 4.69) is 10.2 Å². The molecule has 0 aliphatic heterocycles. The van der Waals surface area contributed by atoms with Gasteiger partial charge in [0.05, 0.1) is 19.0 Å². The SMILES string of the molecule is COc1ccc(C(O)c2cnn(-c3ccccc3)n2)cc1. The number of aliphatic hydroxyl groups excluding tert-OH is 1. The van der Waals surface area contributed by atoms with E-state index in [9.17, 15) is 5.11 Å². The van der Waals surface area contributed by atoms with Crippen molar-refractivity contribution in [2.24, 2.45) is 0 Å². The summed E-state index contributed by atoms with van der Waals surface area (Å²) in [4.78, 5) is 1.50. The third kappa shape index (κ3) is 2.78. The van der Waals surface area contributed by atoms with Gasteiger partial charge in [0.15, 0.2) is 0 Å². The molecule has 3 aromatic rings. The van der Waals surface area contributed by atoms with Gasteiger partial charge in [-0.05, 0) is 29.8 Å². The number of nitrogens with zero attached hydrogens (tertiary/aromatic N) is 3. The molecule has 106 valence electrons. The van der Waals surface area contributed by atoms with Crippen molar-refractivity contribution in [1.82, 2.24) is 15.0 Å². The molecule has 0 fully saturated rings. The number of ether oxygens (including phenoxy) is 1. The van der Waals surface area contributed by atoms with Crippen LogP contribution in [0.5, 0.6) is 5.75 Å². The average molecular weight is 281 g/mol. The van der Waals surface area contributed by atoms with Crippen LogP contribution in [0.3, 0.4) is 0 Å². The minimum absolute atomic E-state index is 0.504. The van der Waals surface area contributed by atoms with Crippen molar-refractivity contribution < 1.29 is 9.84 Å². The maximum absolute atomic E-state index is 10.4. The maximum atomic E-state index is 10.4. The van der Waals surface area contributed by atoms with E-state index in [0.717, 1.165) is 17.0 Å². The number of aromatic nitrogens is 3. The highest BCUT2D eigenvalue weighted by molar-refractivity contribution is 5.32. The molecule has 0 amide bonds. The second-order valence-corrected chi connectivity index (χ2v) is 4.57. The Kier molecular flexibility index (Phi) is 3.66. The number of para-hydroxylation sites is 1. The summed E-state index contributed by atoms with van der Waals surface area (Å²) >= 11 is 0. The summed E-state index contributed by atoms with van der Waals surface area (Å²) in [7, 11) is 1.61. The van der Waals surface area contributed by atoms with Crippen LogP contribution in [-0.4, -0.2) is 27.2 Å². The normalized spacial score (nSPS) is 12.1. The smallest absolute Gasteiger partial charge is 0.124 e. The van der Waals surface area contributed by atoms with E-state index in [4.69, 9.17) is 4.74 Å². The number of rotatable bonds is 4. The molecule has 1 unspecified atom stereocenters. The minimum Gasteiger partial charge on any atom is -0.497 e. The minimum atomic E-state index is -0.812. The summed E-state index contributed by atoms with van der Waals surface area (Å²) in [6.07, 6.45) is 0.760. The molecule has 1 heterocycles. The molecule has 0 bridgehead atoms. The van der Waals surface area contributed by atoms with Gasteiger partial charge in [0.2, 0.25) is 0 Å². The Balaban J connectivity index is 1.85. The predicted molar refractivity (Wildman–Crippen MR) is 78.4 cm³/mol. The highest BCUT2D eigenvalue weighted by Gasteiger charge is 2.15. The molecule has 1 aromatic heterocycles. The molecule has 1 N–H and O–H groups in total. The quantitative estimate of drug-likeness (QED) is 0.797. The molecule has 0 aliphatic rings. The second kappa shape index (κ2) is 5.76. The lowest BCUT2D eigenvalue weighted by Crippen LogP contribution is -2.03. The third-order valence-corrected chi connectivity index (χ3v) is 3.21. The molecule has 0 saturated heterocycles. The average Bonchev–Trinajstić information content (AvgIpc) is 3.05. The largest absolute Gasteiger partial charge is 0.497 e. The zero-order valence-corrected chi connectivity index (χ0v) is 11.5. The van der Waals surface area contributed by atoms with Crippen molar-refractivity contribution in [3.63, 3.8) is 0 Å². The lowest BCUT2D eigenvalue weighted by Gasteiger charge is -2.08. The van der Waals surface area contributed by atoms with Crippen LogP contribution < -0.4 is 4.74 Å². The van der Waals surface area contributed by atoms with Gasteiger partial charge < -0.3 is 9.84 Å². The summed E-state index contributed by atoms with van der Waals surface area (Å²) in [5.74, 6) is 0.749. The number of benzene rings is 2. The van der Waals surface area contributed by atoms with Crippen molar-refractivity contribution in [3.8, 4) is 11.4 Å². The summed E-state index contributed by atoms with van der Waals surface area (Å²) < 4.78 is 5.10. The van der Waals surface area contributed by atoms with E-state index in [-0.39, 0.29) is 0 Å². The van der Waals surface area contributed by atoms with Gasteiger partial charge in [-0.1, -0.05) is 30.3 Å². The number of methoxy groups -OCH3 is 1. The molecule has 1 atom stereocenters. The van der Waals surface area contributed by atoms with Gasteiger partial charge in [0, 0.05) is 0 Å². The lowest BCUT2D eigenvalue weighted by atomic mass is 10.1. The summed E-state index contributed by atoms with van der Waals surface area (Å²) in [6, 6.07) is 16.8. The predicted octanol–water partition coefficient (Wildman–Crippen LogP) is 2.36. The molecular formula is C16H15N3O2. The zero-order valence-electron chi connectivity index (χ0n) is 11.5. The first kappa shape index (κ1) is 13.3. The van der Waals surface area contributed by atoms with E-state index in [0.29, 0.717) is 5.69 Å². The fourth-order valence-corrected chi connectivity index (χ4v) is 2.04. The Morgan fingerprint density at radius 1 is 1.05 bits per heavy atom. The van der Waals surface area contributed by atoms with Crippen LogP contribution in [-0.2, 0) is 0 Å². The van der Waals surface area contributed by atoms with E-state index in [1.807, 2.05) is 42.5 Å².